The van der Waals surface area contributed by atoms with Gasteiger partial charge in [-0.25, -0.2) is 9.37 Å². The summed E-state index contributed by atoms with van der Waals surface area (Å²) in [7, 11) is 0. The first-order valence-corrected chi connectivity index (χ1v) is 9.88. The summed E-state index contributed by atoms with van der Waals surface area (Å²) in [5.41, 5.74) is 2.08. The van der Waals surface area contributed by atoms with Crippen molar-refractivity contribution in [2.45, 2.75) is 25.0 Å². The maximum absolute atomic E-state index is 13.7. The van der Waals surface area contributed by atoms with Crippen molar-refractivity contribution in [2.75, 3.05) is 13.2 Å². The largest absolute Gasteiger partial charge is 0.389 e. The van der Waals surface area contributed by atoms with Crippen molar-refractivity contribution >= 4 is 21.7 Å². The Morgan fingerprint density at radius 1 is 1.20 bits per heavy atom. The van der Waals surface area contributed by atoms with Crippen LogP contribution in [0, 0.1) is 5.82 Å². The van der Waals surface area contributed by atoms with Crippen molar-refractivity contribution in [1.82, 2.24) is 14.5 Å². The van der Waals surface area contributed by atoms with Crippen LogP contribution in [0.1, 0.15) is 23.6 Å². The molecule has 0 saturated carbocycles. The van der Waals surface area contributed by atoms with Gasteiger partial charge in [-0.05, 0) is 48.2 Å². The first kappa shape index (κ1) is 18.8. The average molecular weight is 405 g/mol. The smallest absolute Gasteiger partial charge is 0.261 e. The fourth-order valence-corrected chi connectivity index (χ4v) is 4.22. The zero-order valence-electron chi connectivity index (χ0n) is 16.2. The topological polar surface area (TPSA) is 77.2 Å². The minimum absolute atomic E-state index is 0.198. The summed E-state index contributed by atoms with van der Waals surface area (Å²) < 4.78 is 20.5. The fourth-order valence-electron chi connectivity index (χ4n) is 4.22. The van der Waals surface area contributed by atoms with Gasteiger partial charge < -0.3 is 9.84 Å². The van der Waals surface area contributed by atoms with Crippen LogP contribution in [-0.4, -0.2) is 39.0 Å². The molecular formula is C23H20FN3O3. The van der Waals surface area contributed by atoms with Crippen molar-refractivity contribution in [3.63, 3.8) is 0 Å². The molecule has 0 unspecified atom stereocenters. The molecule has 0 spiro atoms. The third-order valence-corrected chi connectivity index (χ3v) is 5.70. The number of nitrogens with zero attached hydrogens (tertiary/aromatic N) is 3. The Bertz CT molecular complexity index is 1300. The maximum atomic E-state index is 13.7. The predicted octanol–water partition coefficient (Wildman–Crippen LogP) is 3.00. The first-order chi connectivity index (χ1) is 14.6. The number of hydrogen-bond donors (Lipinski definition) is 1. The molecule has 2 atom stereocenters. The van der Waals surface area contributed by atoms with Gasteiger partial charge in [0.2, 0.25) is 0 Å². The van der Waals surface area contributed by atoms with E-state index in [1.165, 1.54) is 23.0 Å². The lowest BCUT2D eigenvalue weighted by Gasteiger charge is -2.29. The number of benzene rings is 2. The molecule has 0 radical (unpaired) electrons. The van der Waals surface area contributed by atoms with E-state index in [9.17, 15) is 14.3 Å². The zero-order chi connectivity index (χ0) is 20.7. The van der Waals surface area contributed by atoms with E-state index in [-0.39, 0.29) is 24.0 Å². The van der Waals surface area contributed by atoms with Gasteiger partial charge >= 0.3 is 0 Å². The first-order valence-electron chi connectivity index (χ1n) is 9.88. The zero-order valence-corrected chi connectivity index (χ0v) is 16.2. The Balaban J connectivity index is 1.71. The number of aliphatic hydroxyl groups is 1. The van der Waals surface area contributed by atoms with Gasteiger partial charge in [0.05, 0.1) is 36.0 Å². The highest BCUT2D eigenvalue weighted by molar-refractivity contribution is 6.06. The molecule has 5 rings (SSSR count). The lowest BCUT2D eigenvalue weighted by Crippen LogP contribution is -2.39. The van der Waals surface area contributed by atoms with Crippen LogP contribution in [-0.2, 0) is 11.2 Å². The normalized spacial score (nSPS) is 19.4. The van der Waals surface area contributed by atoms with Crippen LogP contribution in [0.2, 0.25) is 0 Å². The molecule has 2 aromatic carbocycles. The second kappa shape index (κ2) is 7.59. The highest BCUT2D eigenvalue weighted by Crippen LogP contribution is 2.28. The van der Waals surface area contributed by atoms with E-state index in [2.05, 4.69) is 9.97 Å². The quantitative estimate of drug-likeness (QED) is 0.530. The Morgan fingerprint density at radius 2 is 2.10 bits per heavy atom. The lowest BCUT2D eigenvalue weighted by atomic mass is 9.97. The Hall–Kier alpha value is -3.16. The molecule has 7 heteroatoms. The van der Waals surface area contributed by atoms with Crippen LogP contribution in [0.25, 0.3) is 21.7 Å². The standard InChI is InChI=1S/C23H20FN3O3/c24-16-3-1-2-14(9-16)8-15-10-18-22(17-4-6-25-11-19(15)17)26-13-27(23(18)29)20-5-7-30-12-21(20)28/h1-4,6,9-11,13,20-21,28H,5,7-8,12H2/t20-,21-/m0/s1. The Labute approximate surface area is 171 Å². The second-order valence-corrected chi connectivity index (χ2v) is 7.62. The summed E-state index contributed by atoms with van der Waals surface area (Å²) in [6.45, 7) is 0.684. The number of halogens is 1. The number of hydrogen-bond acceptors (Lipinski definition) is 5. The van der Waals surface area contributed by atoms with Crippen LogP contribution < -0.4 is 5.56 Å². The predicted molar refractivity (Wildman–Crippen MR) is 111 cm³/mol. The average Bonchev–Trinajstić information content (AvgIpc) is 2.75. The van der Waals surface area contributed by atoms with Crippen molar-refractivity contribution in [2.24, 2.45) is 0 Å². The molecule has 4 aromatic rings. The highest BCUT2D eigenvalue weighted by Gasteiger charge is 2.27. The Morgan fingerprint density at radius 3 is 2.93 bits per heavy atom. The van der Waals surface area contributed by atoms with Gasteiger partial charge in [-0.2, -0.15) is 0 Å². The van der Waals surface area contributed by atoms with Crippen molar-refractivity contribution in [3.8, 4) is 0 Å². The SMILES string of the molecule is O=c1c2cc(Cc3cccc(F)c3)c3cnccc3c2ncn1[C@H]1CCOC[C@@H]1O. The van der Waals surface area contributed by atoms with Gasteiger partial charge in [0.15, 0.2) is 0 Å². The van der Waals surface area contributed by atoms with Gasteiger partial charge in [-0.15, -0.1) is 0 Å². The molecule has 1 saturated heterocycles. The molecule has 6 nitrogen and oxygen atoms in total. The maximum Gasteiger partial charge on any atom is 0.261 e. The van der Waals surface area contributed by atoms with Crippen LogP contribution in [0.5, 0.6) is 0 Å². The summed E-state index contributed by atoms with van der Waals surface area (Å²) in [5.74, 6) is -0.298. The van der Waals surface area contributed by atoms with Gasteiger partial charge in [0.25, 0.3) is 5.56 Å². The van der Waals surface area contributed by atoms with Crippen molar-refractivity contribution in [1.29, 1.82) is 0 Å². The van der Waals surface area contributed by atoms with E-state index in [0.29, 0.717) is 30.4 Å². The van der Waals surface area contributed by atoms with Crippen molar-refractivity contribution in [3.05, 3.63) is 82.4 Å². The summed E-state index contributed by atoms with van der Waals surface area (Å²) in [6, 6.07) is 9.72. The summed E-state index contributed by atoms with van der Waals surface area (Å²) in [6.07, 6.45) is 5.18. The minimum Gasteiger partial charge on any atom is -0.389 e. The minimum atomic E-state index is -0.757. The number of ether oxygens (including phenoxy) is 1. The monoisotopic (exact) mass is 405 g/mol. The van der Waals surface area contributed by atoms with E-state index in [1.807, 2.05) is 18.2 Å². The molecule has 1 fully saturated rings. The summed E-state index contributed by atoms with van der Waals surface area (Å²) in [4.78, 5) is 22.2. The van der Waals surface area contributed by atoms with E-state index in [4.69, 9.17) is 4.74 Å². The molecule has 0 aliphatic carbocycles. The molecular weight excluding hydrogens is 385 g/mol. The van der Waals surface area contributed by atoms with E-state index < -0.39 is 6.10 Å². The molecule has 1 N–H and O–H groups in total. The molecule has 30 heavy (non-hydrogen) atoms. The fraction of sp³-hybridized carbons (Fsp3) is 0.261. The molecule has 152 valence electrons. The number of pyridine rings is 1. The summed E-state index contributed by atoms with van der Waals surface area (Å²) >= 11 is 0. The van der Waals surface area contributed by atoms with Crippen molar-refractivity contribution < 1.29 is 14.2 Å². The Kier molecular flexibility index (Phi) is 4.77. The second-order valence-electron chi connectivity index (χ2n) is 7.62. The van der Waals surface area contributed by atoms with E-state index >= 15 is 0 Å². The number of fused-ring (bicyclic) bond motifs is 3. The van der Waals surface area contributed by atoms with Gasteiger partial charge in [-0.1, -0.05) is 12.1 Å². The number of aliphatic hydroxyl groups excluding tert-OH is 1. The third kappa shape index (κ3) is 3.26. The molecule has 0 amide bonds. The lowest BCUT2D eigenvalue weighted by molar-refractivity contribution is -0.0395. The van der Waals surface area contributed by atoms with Crippen LogP contribution in [0.15, 0.2) is 59.9 Å². The van der Waals surface area contributed by atoms with Gasteiger partial charge in [-0.3, -0.25) is 14.3 Å². The molecule has 1 aliphatic heterocycles. The van der Waals surface area contributed by atoms with E-state index in [1.54, 1.807) is 18.5 Å². The van der Waals surface area contributed by atoms with Gasteiger partial charge in [0, 0.05) is 29.8 Å². The van der Waals surface area contributed by atoms with Crippen LogP contribution in [0.4, 0.5) is 4.39 Å². The van der Waals surface area contributed by atoms with Crippen LogP contribution >= 0.6 is 0 Å². The van der Waals surface area contributed by atoms with E-state index in [0.717, 1.165) is 21.9 Å². The molecule has 0 bridgehead atoms. The molecule has 3 heterocycles. The molecule has 2 aromatic heterocycles. The van der Waals surface area contributed by atoms with Gasteiger partial charge in [0.1, 0.15) is 5.82 Å². The number of aromatic nitrogens is 3. The highest BCUT2D eigenvalue weighted by atomic mass is 19.1. The third-order valence-electron chi connectivity index (χ3n) is 5.70. The summed E-state index contributed by atoms with van der Waals surface area (Å²) in [5, 5.41) is 12.5. The van der Waals surface area contributed by atoms with Crippen LogP contribution in [0.3, 0.4) is 0 Å². The molecule has 1 aliphatic rings. The number of rotatable bonds is 3.